The summed E-state index contributed by atoms with van der Waals surface area (Å²) < 4.78 is 40.0. The third-order valence-corrected chi connectivity index (χ3v) is 3.62. The topological polar surface area (TPSA) is 38.0 Å². The molecule has 6 heteroatoms. The van der Waals surface area contributed by atoms with Crippen molar-refractivity contribution in [1.82, 2.24) is 0 Å². The van der Waals surface area contributed by atoms with Crippen LogP contribution in [-0.2, 0) is 6.18 Å². The summed E-state index contributed by atoms with van der Waals surface area (Å²) in [5.74, 6) is 0. The maximum absolute atomic E-state index is 13.0. The minimum absolute atomic E-state index is 0.0205. The number of anilines is 2. The fourth-order valence-corrected chi connectivity index (χ4v) is 2.25. The van der Waals surface area contributed by atoms with Gasteiger partial charge in [-0.15, -0.1) is 0 Å². The van der Waals surface area contributed by atoms with Crippen LogP contribution in [0.5, 0.6) is 0 Å². The van der Waals surface area contributed by atoms with E-state index in [-0.39, 0.29) is 17.4 Å². The van der Waals surface area contributed by atoms with Gasteiger partial charge in [0.15, 0.2) is 0 Å². The summed E-state index contributed by atoms with van der Waals surface area (Å²) >= 11 is 3.32. The minimum Gasteiger partial charge on any atom is -0.399 e. The molecular weight excluding hydrogens is 345 g/mol. The van der Waals surface area contributed by atoms with Gasteiger partial charge in [-0.05, 0) is 42.8 Å². The Morgan fingerprint density at radius 2 is 1.71 bits per heavy atom. The third-order valence-electron chi connectivity index (χ3n) is 3.09. The molecule has 2 aromatic rings. The van der Waals surface area contributed by atoms with Gasteiger partial charge in [0.1, 0.15) is 0 Å². The normalized spacial score (nSPS) is 13.0. The number of benzene rings is 2. The highest BCUT2D eigenvalue weighted by Crippen LogP contribution is 2.37. The molecule has 0 heterocycles. The van der Waals surface area contributed by atoms with Gasteiger partial charge in [0.05, 0.1) is 5.56 Å². The van der Waals surface area contributed by atoms with Gasteiger partial charge in [-0.3, -0.25) is 0 Å². The van der Waals surface area contributed by atoms with Crippen molar-refractivity contribution in [3.8, 4) is 0 Å². The number of alkyl halides is 3. The van der Waals surface area contributed by atoms with E-state index in [4.69, 9.17) is 5.73 Å². The lowest BCUT2D eigenvalue weighted by Crippen LogP contribution is -2.14. The van der Waals surface area contributed by atoms with Gasteiger partial charge in [-0.1, -0.05) is 28.1 Å². The van der Waals surface area contributed by atoms with Gasteiger partial charge in [-0.2, -0.15) is 13.2 Å². The lowest BCUT2D eigenvalue weighted by molar-refractivity contribution is -0.136. The first-order valence-corrected chi connectivity index (χ1v) is 7.05. The Bertz CT molecular complexity index is 624. The Labute approximate surface area is 129 Å². The standard InChI is InChI=1S/C15H14BrF3N2/c1-9(10-2-4-11(16)5-3-10)21-14-7-6-12(20)8-13(14)15(17,18)19/h2-9,21H,20H2,1H3. The zero-order chi connectivity index (χ0) is 15.6. The molecule has 1 atom stereocenters. The quantitative estimate of drug-likeness (QED) is 0.737. The number of hydrogen-bond acceptors (Lipinski definition) is 2. The van der Waals surface area contributed by atoms with E-state index in [9.17, 15) is 13.2 Å². The molecule has 0 amide bonds. The van der Waals surface area contributed by atoms with Crippen molar-refractivity contribution in [3.05, 3.63) is 58.1 Å². The Morgan fingerprint density at radius 3 is 2.29 bits per heavy atom. The summed E-state index contributed by atoms with van der Waals surface area (Å²) in [5, 5.41) is 2.89. The summed E-state index contributed by atoms with van der Waals surface area (Å²) in [6, 6.07) is 10.9. The molecule has 1 unspecified atom stereocenters. The van der Waals surface area contributed by atoms with E-state index < -0.39 is 11.7 Å². The second kappa shape index (κ2) is 5.97. The van der Waals surface area contributed by atoms with Crippen molar-refractivity contribution in [2.24, 2.45) is 0 Å². The molecule has 0 aliphatic rings. The number of nitrogens with one attached hydrogen (secondary N) is 1. The molecular formula is C15H14BrF3N2. The fraction of sp³-hybridized carbons (Fsp3) is 0.200. The van der Waals surface area contributed by atoms with Crippen molar-refractivity contribution in [2.75, 3.05) is 11.1 Å². The maximum Gasteiger partial charge on any atom is 0.418 e. The number of rotatable bonds is 3. The van der Waals surface area contributed by atoms with Crippen molar-refractivity contribution in [1.29, 1.82) is 0 Å². The number of nitrogens with two attached hydrogens (primary N) is 1. The number of halogens is 4. The molecule has 2 aromatic carbocycles. The van der Waals surface area contributed by atoms with E-state index >= 15 is 0 Å². The highest BCUT2D eigenvalue weighted by atomic mass is 79.9. The van der Waals surface area contributed by atoms with E-state index in [0.717, 1.165) is 16.1 Å². The number of nitrogen functional groups attached to an aromatic ring is 1. The monoisotopic (exact) mass is 358 g/mol. The molecule has 0 fully saturated rings. The first-order valence-electron chi connectivity index (χ1n) is 6.26. The lowest BCUT2D eigenvalue weighted by atomic mass is 10.1. The van der Waals surface area contributed by atoms with E-state index in [1.165, 1.54) is 12.1 Å². The highest BCUT2D eigenvalue weighted by Gasteiger charge is 2.34. The van der Waals surface area contributed by atoms with Crippen molar-refractivity contribution in [2.45, 2.75) is 19.1 Å². The van der Waals surface area contributed by atoms with Crippen LogP contribution >= 0.6 is 15.9 Å². The molecule has 3 N–H and O–H groups in total. The minimum atomic E-state index is -4.45. The van der Waals surface area contributed by atoms with E-state index in [1.54, 1.807) is 6.92 Å². The van der Waals surface area contributed by atoms with Crippen molar-refractivity contribution < 1.29 is 13.2 Å². The first-order chi connectivity index (χ1) is 9.77. The number of hydrogen-bond donors (Lipinski definition) is 2. The molecule has 0 aromatic heterocycles. The van der Waals surface area contributed by atoms with Crippen LogP contribution in [-0.4, -0.2) is 0 Å². The second-order valence-electron chi connectivity index (χ2n) is 4.72. The molecule has 2 nitrogen and oxygen atoms in total. The first kappa shape index (κ1) is 15.7. The molecule has 0 saturated carbocycles. The average molecular weight is 359 g/mol. The van der Waals surface area contributed by atoms with Crippen LogP contribution in [0.2, 0.25) is 0 Å². The van der Waals surface area contributed by atoms with Gasteiger partial charge < -0.3 is 11.1 Å². The Morgan fingerprint density at radius 1 is 1.10 bits per heavy atom. The maximum atomic E-state index is 13.0. The molecule has 0 bridgehead atoms. The van der Waals surface area contributed by atoms with E-state index in [1.807, 2.05) is 24.3 Å². The van der Waals surface area contributed by atoms with E-state index in [0.29, 0.717) is 0 Å². The largest absolute Gasteiger partial charge is 0.418 e. The predicted molar refractivity (Wildman–Crippen MR) is 82.0 cm³/mol. The van der Waals surface area contributed by atoms with Crippen LogP contribution in [0.15, 0.2) is 46.9 Å². The molecule has 0 radical (unpaired) electrons. The SMILES string of the molecule is CC(Nc1ccc(N)cc1C(F)(F)F)c1ccc(Br)cc1. The second-order valence-corrected chi connectivity index (χ2v) is 5.64. The molecule has 21 heavy (non-hydrogen) atoms. The van der Waals surface area contributed by atoms with Crippen molar-refractivity contribution >= 4 is 27.3 Å². The van der Waals surface area contributed by atoms with Gasteiger partial charge >= 0.3 is 6.18 Å². The van der Waals surface area contributed by atoms with Gasteiger partial charge in [0.25, 0.3) is 0 Å². The Balaban J connectivity index is 2.29. The summed E-state index contributed by atoms with van der Waals surface area (Å²) in [4.78, 5) is 0. The van der Waals surface area contributed by atoms with Crippen LogP contribution in [0, 0.1) is 0 Å². The Hall–Kier alpha value is -1.69. The summed E-state index contributed by atoms with van der Waals surface area (Å²) in [6.45, 7) is 1.81. The zero-order valence-electron chi connectivity index (χ0n) is 11.2. The van der Waals surface area contributed by atoms with E-state index in [2.05, 4.69) is 21.2 Å². The average Bonchev–Trinajstić information content (AvgIpc) is 2.40. The van der Waals surface area contributed by atoms with Gasteiger partial charge in [-0.25, -0.2) is 0 Å². The Kier molecular flexibility index (Phi) is 4.46. The van der Waals surface area contributed by atoms with Crippen molar-refractivity contribution in [3.63, 3.8) is 0 Å². The van der Waals surface area contributed by atoms with Crippen LogP contribution < -0.4 is 11.1 Å². The van der Waals surface area contributed by atoms with Crippen LogP contribution in [0.25, 0.3) is 0 Å². The smallest absolute Gasteiger partial charge is 0.399 e. The molecule has 112 valence electrons. The summed E-state index contributed by atoms with van der Waals surface area (Å²) in [6.07, 6.45) is -4.45. The third kappa shape index (κ3) is 3.91. The fourth-order valence-electron chi connectivity index (χ4n) is 1.99. The molecule has 0 spiro atoms. The predicted octanol–water partition coefficient (Wildman–Crippen LogP) is 5.22. The van der Waals surface area contributed by atoms with Gasteiger partial charge in [0, 0.05) is 21.9 Å². The summed E-state index contributed by atoms with van der Waals surface area (Å²) in [5.41, 5.74) is 5.69. The van der Waals surface area contributed by atoms with Gasteiger partial charge in [0.2, 0.25) is 0 Å². The molecule has 0 aliphatic heterocycles. The van der Waals surface area contributed by atoms with Crippen LogP contribution in [0.1, 0.15) is 24.1 Å². The van der Waals surface area contributed by atoms with Crippen LogP contribution in [0.4, 0.5) is 24.5 Å². The lowest BCUT2D eigenvalue weighted by Gasteiger charge is -2.20. The molecule has 0 saturated heterocycles. The molecule has 0 aliphatic carbocycles. The highest BCUT2D eigenvalue weighted by molar-refractivity contribution is 9.10. The zero-order valence-corrected chi connectivity index (χ0v) is 12.8. The summed E-state index contributed by atoms with van der Waals surface area (Å²) in [7, 11) is 0. The molecule has 2 rings (SSSR count). The van der Waals surface area contributed by atoms with Crippen LogP contribution in [0.3, 0.4) is 0 Å².